The zero-order chi connectivity index (χ0) is 9.56. The Kier molecular flexibility index (Phi) is 5.03. The molecule has 0 aromatic carbocycles. The molecule has 0 saturated heterocycles. The molecular formula is C7H14N2O3. The summed E-state index contributed by atoms with van der Waals surface area (Å²) in [6.07, 6.45) is 0. The molecule has 0 aromatic heterocycles. The highest BCUT2D eigenvalue weighted by molar-refractivity contribution is 5.82. The summed E-state index contributed by atoms with van der Waals surface area (Å²) in [6, 6.07) is 0.223. The lowest BCUT2D eigenvalue weighted by molar-refractivity contribution is -0.137. The number of carbonyl (C=O) groups is 2. The smallest absolute Gasteiger partial charge is 0.322 e. The van der Waals surface area contributed by atoms with Crippen LogP contribution in [0.1, 0.15) is 13.8 Å². The zero-order valence-corrected chi connectivity index (χ0v) is 7.26. The van der Waals surface area contributed by atoms with Gasteiger partial charge in [-0.25, -0.2) is 0 Å². The quantitative estimate of drug-likeness (QED) is 0.509. The van der Waals surface area contributed by atoms with Crippen LogP contribution >= 0.6 is 0 Å². The first kappa shape index (κ1) is 10.9. The predicted molar refractivity (Wildman–Crippen MR) is 43.8 cm³/mol. The summed E-state index contributed by atoms with van der Waals surface area (Å²) in [6.45, 7) is 3.65. The van der Waals surface area contributed by atoms with Crippen LogP contribution in [0, 0.1) is 0 Å². The first-order chi connectivity index (χ1) is 5.52. The van der Waals surface area contributed by atoms with Crippen molar-refractivity contribution in [3.8, 4) is 0 Å². The summed E-state index contributed by atoms with van der Waals surface area (Å²) in [5.41, 5.74) is 0. The average Bonchev–Trinajstić information content (AvgIpc) is 1.96. The van der Waals surface area contributed by atoms with Crippen molar-refractivity contribution in [1.82, 2.24) is 10.6 Å². The molecule has 1 amide bonds. The summed E-state index contributed by atoms with van der Waals surface area (Å²) in [5, 5.41) is 13.3. The number of nitrogens with one attached hydrogen (secondary N) is 2. The minimum Gasteiger partial charge on any atom is -0.480 e. The summed E-state index contributed by atoms with van der Waals surface area (Å²) in [5.74, 6) is -1.33. The first-order valence-electron chi connectivity index (χ1n) is 3.74. The molecule has 0 aliphatic carbocycles. The molecule has 3 N–H and O–H groups in total. The second kappa shape index (κ2) is 5.54. The zero-order valence-electron chi connectivity index (χ0n) is 7.26. The lowest BCUT2D eigenvalue weighted by Crippen LogP contribution is -2.38. The first-order valence-corrected chi connectivity index (χ1v) is 3.74. The molecule has 0 unspecified atom stereocenters. The maximum Gasteiger partial charge on any atom is 0.322 e. The molecular weight excluding hydrogens is 160 g/mol. The normalized spacial score (nSPS) is 9.92. The van der Waals surface area contributed by atoms with Crippen molar-refractivity contribution >= 4 is 11.9 Å². The molecule has 0 aliphatic rings. The van der Waals surface area contributed by atoms with E-state index in [1.807, 2.05) is 13.8 Å². The van der Waals surface area contributed by atoms with E-state index in [9.17, 15) is 9.59 Å². The molecule has 5 nitrogen and oxygen atoms in total. The summed E-state index contributed by atoms with van der Waals surface area (Å²) >= 11 is 0. The van der Waals surface area contributed by atoms with E-state index in [2.05, 4.69) is 10.6 Å². The Morgan fingerprint density at radius 2 is 1.92 bits per heavy atom. The molecule has 0 aliphatic heterocycles. The van der Waals surface area contributed by atoms with Crippen molar-refractivity contribution in [3.05, 3.63) is 0 Å². The van der Waals surface area contributed by atoms with Crippen LogP contribution in [0.25, 0.3) is 0 Å². The van der Waals surface area contributed by atoms with E-state index in [1.54, 1.807) is 0 Å². The minimum atomic E-state index is -1.03. The molecule has 12 heavy (non-hydrogen) atoms. The van der Waals surface area contributed by atoms with Crippen LogP contribution in [0.4, 0.5) is 0 Å². The highest BCUT2D eigenvalue weighted by atomic mass is 16.4. The van der Waals surface area contributed by atoms with Crippen LogP contribution in [-0.2, 0) is 9.59 Å². The third kappa shape index (κ3) is 7.01. The fourth-order valence-electron chi connectivity index (χ4n) is 0.534. The lowest BCUT2D eigenvalue weighted by atomic mass is 10.4. The highest BCUT2D eigenvalue weighted by Gasteiger charge is 2.03. The molecule has 0 saturated carbocycles. The Morgan fingerprint density at radius 1 is 1.33 bits per heavy atom. The number of carboxylic acids is 1. The largest absolute Gasteiger partial charge is 0.480 e. The third-order valence-electron chi connectivity index (χ3n) is 1.11. The molecule has 0 rings (SSSR count). The van der Waals surface area contributed by atoms with Gasteiger partial charge in [-0.05, 0) is 0 Å². The van der Waals surface area contributed by atoms with Gasteiger partial charge in [-0.2, -0.15) is 0 Å². The topological polar surface area (TPSA) is 78.4 Å². The third-order valence-corrected chi connectivity index (χ3v) is 1.11. The van der Waals surface area contributed by atoms with Crippen LogP contribution in [0.3, 0.4) is 0 Å². The minimum absolute atomic E-state index is 0.158. The van der Waals surface area contributed by atoms with Gasteiger partial charge in [0.1, 0.15) is 6.54 Å². The van der Waals surface area contributed by atoms with Gasteiger partial charge in [0.05, 0.1) is 6.54 Å². The van der Waals surface area contributed by atoms with Crippen LogP contribution in [0.5, 0.6) is 0 Å². The van der Waals surface area contributed by atoms with E-state index in [4.69, 9.17) is 5.11 Å². The van der Waals surface area contributed by atoms with Gasteiger partial charge < -0.3 is 15.7 Å². The lowest BCUT2D eigenvalue weighted by Gasteiger charge is -2.06. The van der Waals surface area contributed by atoms with Gasteiger partial charge in [0, 0.05) is 6.04 Å². The van der Waals surface area contributed by atoms with Gasteiger partial charge in [-0.15, -0.1) is 0 Å². The Labute approximate surface area is 71.1 Å². The summed E-state index contributed by atoms with van der Waals surface area (Å²) < 4.78 is 0. The molecule has 0 atom stereocenters. The van der Waals surface area contributed by atoms with Gasteiger partial charge in [-0.1, -0.05) is 13.8 Å². The van der Waals surface area contributed by atoms with Crippen molar-refractivity contribution < 1.29 is 14.7 Å². The fraction of sp³-hybridized carbons (Fsp3) is 0.714. The number of rotatable bonds is 5. The Balaban J connectivity index is 3.40. The molecule has 0 aromatic rings. The van der Waals surface area contributed by atoms with E-state index >= 15 is 0 Å². The van der Waals surface area contributed by atoms with Crippen molar-refractivity contribution in [3.63, 3.8) is 0 Å². The van der Waals surface area contributed by atoms with Gasteiger partial charge in [0.2, 0.25) is 5.91 Å². The molecule has 0 spiro atoms. The maximum absolute atomic E-state index is 10.8. The standard InChI is InChI=1S/C7H14N2O3/c1-5(2)8-3-6(10)9-4-7(11)12/h5,8H,3-4H2,1-2H3,(H,9,10)(H,11,12). The SMILES string of the molecule is CC(C)NCC(=O)NCC(=O)O. The van der Waals surface area contributed by atoms with Crippen LogP contribution in [-0.4, -0.2) is 36.1 Å². The summed E-state index contributed by atoms with van der Waals surface area (Å²) in [4.78, 5) is 20.8. The molecule has 0 fully saturated rings. The maximum atomic E-state index is 10.8. The van der Waals surface area contributed by atoms with Gasteiger partial charge in [0.25, 0.3) is 0 Å². The summed E-state index contributed by atoms with van der Waals surface area (Å²) in [7, 11) is 0. The molecule has 0 bridgehead atoms. The van der Waals surface area contributed by atoms with E-state index < -0.39 is 5.97 Å². The average molecular weight is 174 g/mol. The number of carbonyl (C=O) groups excluding carboxylic acids is 1. The van der Waals surface area contributed by atoms with Gasteiger partial charge in [-0.3, -0.25) is 9.59 Å². The Bertz CT molecular complexity index is 168. The highest BCUT2D eigenvalue weighted by Crippen LogP contribution is 1.74. The molecule has 0 radical (unpaired) electrons. The van der Waals surface area contributed by atoms with Crippen molar-refractivity contribution in [2.75, 3.05) is 13.1 Å². The van der Waals surface area contributed by atoms with Gasteiger partial charge in [0.15, 0.2) is 0 Å². The Morgan fingerprint density at radius 3 is 2.33 bits per heavy atom. The van der Waals surface area contributed by atoms with Crippen molar-refractivity contribution in [2.24, 2.45) is 0 Å². The van der Waals surface area contributed by atoms with Crippen LogP contribution in [0.15, 0.2) is 0 Å². The van der Waals surface area contributed by atoms with Crippen molar-refractivity contribution in [2.45, 2.75) is 19.9 Å². The number of aliphatic carboxylic acids is 1. The van der Waals surface area contributed by atoms with E-state index in [0.29, 0.717) is 0 Å². The van der Waals surface area contributed by atoms with E-state index in [-0.39, 0.29) is 25.0 Å². The second-order valence-corrected chi connectivity index (χ2v) is 2.71. The molecule has 0 heterocycles. The molecule has 5 heteroatoms. The number of amides is 1. The predicted octanol–water partition coefficient (Wildman–Crippen LogP) is -0.815. The van der Waals surface area contributed by atoms with E-state index in [1.165, 1.54) is 0 Å². The van der Waals surface area contributed by atoms with Gasteiger partial charge >= 0.3 is 5.97 Å². The fourth-order valence-corrected chi connectivity index (χ4v) is 0.534. The van der Waals surface area contributed by atoms with Crippen LogP contribution in [0.2, 0.25) is 0 Å². The Hall–Kier alpha value is -1.10. The number of carboxylic acid groups (broad SMARTS) is 1. The molecule has 70 valence electrons. The monoisotopic (exact) mass is 174 g/mol. The second-order valence-electron chi connectivity index (χ2n) is 2.71. The van der Waals surface area contributed by atoms with Crippen molar-refractivity contribution in [1.29, 1.82) is 0 Å². The number of hydrogen-bond donors (Lipinski definition) is 3. The van der Waals surface area contributed by atoms with Crippen LogP contribution < -0.4 is 10.6 Å². The number of hydrogen-bond acceptors (Lipinski definition) is 3. The van der Waals surface area contributed by atoms with E-state index in [0.717, 1.165) is 0 Å².